The summed E-state index contributed by atoms with van der Waals surface area (Å²) in [5.74, 6) is 0. The molecular formula is C8H10N2. The first kappa shape index (κ1) is 6.93. The Labute approximate surface area is 60.6 Å². The van der Waals surface area contributed by atoms with Gasteiger partial charge in [0.2, 0.25) is 0 Å². The summed E-state index contributed by atoms with van der Waals surface area (Å²) in [7, 11) is 1.79. The number of aromatic nitrogens is 1. The molecule has 0 radical (unpaired) electrons. The highest BCUT2D eigenvalue weighted by atomic mass is 14.7. The van der Waals surface area contributed by atoms with Crippen LogP contribution in [0.25, 0.3) is 0 Å². The molecule has 2 nitrogen and oxygen atoms in total. The van der Waals surface area contributed by atoms with E-state index in [0.717, 1.165) is 11.3 Å². The summed E-state index contributed by atoms with van der Waals surface area (Å²) in [4.78, 5) is 7.95. The van der Waals surface area contributed by atoms with E-state index in [2.05, 4.69) is 9.98 Å². The van der Waals surface area contributed by atoms with E-state index in [-0.39, 0.29) is 0 Å². The molecule has 0 aliphatic heterocycles. The van der Waals surface area contributed by atoms with E-state index >= 15 is 0 Å². The lowest BCUT2D eigenvalue weighted by atomic mass is 10.2. The highest BCUT2D eigenvalue weighted by Crippen LogP contribution is 1.97. The molecule has 10 heavy (non-hydrogen) atoms. The van der Waals surface area contributed by atoms with Crippen LogP contribution in [-0.2, 0) is 0 Å². The maximum atomic E-state index is 4.05. The third-order valence-electron chi connectivity index (χ3n) is 1.43. The van der Waals surface area contributed by atoms with Gasteiger partial charge in [-0.25, -0.2) is 0 Å². The second-order valence-electron chi connectivity index (χ2n) is 2.04. The Morgan fingerprint density at radius 2 is 2.00 bits per heavy atom. The van der Waals surface area contributed by atoms with E-state index in [4.69, 9.17) is 0 Å². The van der Waals surface area contributed by atoms with Crippen molar-refractivity contribution in [2.75, 3.05) is 7.05 Å². The maximum absolute atomic E-state index is 4.05. The number of rotatable bonds is 1. The van der Waals surface area contributed by atoms with Gasteiger partial charge in [-0.3, -0.25) is 9.98 Å². The van der Waals surface area contributed by atoms with Crippen LogP contribution in [0.5, 0.6) is 0 Å². The van der Waals surface area contributed by atoms with Gasteiger partial charge in [-0.2, -0.15) is 0 Å². The van der Waals surface area contributed by atoms with Gasteiger partial charge in [0.15, 0.2) is 0 Å². The van der Waals surface area contributed by atoms with Crippen molar-refractivity contribution in [1.29, 1.82) is 0 Å². The van der Waals surface area contributed by atoms with Crippen LogP contribution in [0.3, 0.4) is 0 Å². The van der Waals surface area contributed by atoms with Crippen molar-refractivity contribution in [2.45, 2.75) is 6.92 Å². The number of hydrogen-bond acceptors (Lipinski definition) is 2. The molecule has 52 valence electrons. The molecule has 0 aliphatic rings. The van der Waals surface area contributed by atoms with Gasteiger partial charge in [0.1, 0.15) is 0 Å². The average molecular weight is 134 g/mol. The van der Waals surface area contributed by atoms with Gasteiger partial charge >= 0.3 is 0 Å². The van der Waals surface area contributed by atoms with E-state index in [9.17, 15) is 0 Å². The predicted molar refractivity (Wildman–Crippen MR) is 42.4 cm³/mol. The SMILES string of the molecule is C/N=C(\C)c1ccncc1. The molecule has 0 amide bonds. The van der Waals surface area contributed by atoms with Crippen molar-refractivity contribution < 1.29 is 0 Å². The third-order valence-corrected chi connectivity index (χ3v) is 1.43. The molecule has 0 aromatic carbocycles. The summed E-state index contributed by atoms with van der Waals surface area (Å²) in [6.07, 6.45) is 3.54. The van der Waals surface area contributed by atoms with Gasteiger partial charge < -0.3 is 0 Å². The highest BCUT2D eigenvalue weighted by molar-refractivity contribution is 5.98. The zero-order chi connectivity index (χ0) is 7.40. The van der Waals surface area contributed by atoms with Gasteiger partial charge in [-0.15, -0.1) is 0 Å². The van der Waals surface area contributed by atoms with E-state index in [1.54, 1.807) is 19.4 Å². The maximum Gasteiger partial charge on any atom is 0.0387 e. The fourth-order valence-corrected chi connectivity index (χ4v) is 0.722. The van der Waals surface area contributed by atoms with Crippen molar-refractivity contribution in [3.63, 3.8) is 0 Å². The molecule has 0 N–H and O–H groups in total. The molecule has 0 unspecified atom stereocenters. The van der Waals surface area contributed by atoms with Crippen LogP contribution in [-0.4, -0.2) is 17.7 Å². The van der Waals surface area contributed by atoms with Gasteiger partial charge in [0.05, 0.1) is 0 Å². The summed E-state index contributed by atoms with van der Waals surface area (Å²) in [5.41, 5.74) is 2.18. The summed E-state index contributed by atoms with van der Waals surface area (Å²) >= 11 is 0. The quantitative estimate of drug-likeness (QED) is 0.534. The summed E-state index contributed by atoms with van der Waals surface area (Å²) < 4.78 is 0. The van der Waals surface area contributed by atoms with Gasteiger partial charge in [0, 0.05) is 25.2 Å². The molecule has 1 rings (SSSR count). The van der Waals surface area contributed by atoms with Crippen LogP contribution in [0.15, 0.2) is 29.5 Å². The number of hydrogen-bond donors (Lipinski definition) is 0. The first-order chi connectivity index (χ1) is 4.84. The lowest BCUT2D eigenvalue weighted by Gasteiger charge is -1.95. The molecule has 0 spiro atoms. The lowest BCUT2D eigenvalue weighted by molar-refractivity contribution is 1.31. The minimum absolute atomic E-state index is 1.04. The van der Waals surface area contributed by atoms with Gasteiger partial charge in [-0.05, 0) is 24.6 Å². The third kappa shape index (κ3) is 1.41. The second-order valence-corrected chi connectivity index (χ2v) is 2.04. The van der Waals surface area contributed by atoms with E-state index in [1.807, 2.05) is 19.1 Å². The Bertz CT molecular complexity index is 226. The Morgan fingerprint density at radius 3 is 2.50 bits per heavy atom. The first-order valence-electron chi connectivity index (χ1n) is 3.18. The molecule has 0 atom stereocenters. The average Bonchev–Trinajstić information content (AvgIpc) is 2.05. The van der Waals surface area contributed by atoms with Gasteiger partial charge in [-0.1, -0.05) is 0 Å². The lowest BCUT2D eigenvalue weighted by Crippen LogP contribution is -1.92. The first-order valence-corrected chi connectivity index (χ1v) is 3.18. The van der Waals surface area contributed by atoms with Crippen LogP contribution >= 0.6 is 0 Å². The Hall–Kier alpha value is -1.18. The Kier molecular flexibility index (Phi) is 2.15. The molecule has 0 aliphatic carbocycles. The standard InChI is InChI=1S/C8H10N2/c1-7(9-2)8-3-5-10-6-4-8/h3-6H,1-2H3/b9-7+. The van der Waals surface area contributed by atoms with Crippen molar-refractivity contribution in [3.8, 4) is 0 Å². The molecule has 1 aromatic heterocycles. The number of aliphatic imine (C=N–C) groups is 1. The van der Waals surface area contributed by atoms with Crippen molar-refractivity contribution in [3.05, 3.63) is 30.1 Å². The minimum atomic E-state index is 1.04. The Morgan fingerprint density at radius 1 is 1.40 bits per heavy atom. The van der Waals surface area contributed by atoms with E-state index in [1.165, 1.54) is 0 Å². The van der Waals surface area contributed by atoms with Crippen LogP contribution < -0.4 is 0 Å². The van der Waals surface area contributed by atoms with Crippen LogP contribution in [0.2, 0.25) is 0 Å². The normalized spacial score (nSPS) is 11.6. The molecule has 0 bridgehead atoms. The van der Waals surface area contributed by atoms with E-state index < -0.39 is 0 Å². The number of nitrogens with zero attached hydrogens (tertiary/aromatic N) is 2. The zero-order valence-electron chi connectivity index (χ0n) is 6.20. The van der Waals surface area contributed by atoms with Crippen molar-refractivity contribution in [2.24, 2.45) is 4.99 Å². The second kappa shape index (κ2) is 3.11. The van der Waals surface area contributed by atoms with Crippen LogP contribution in [0.1, 0.15) is 12.5 Å². The molecule has 1 heterocycles. The molecule has 2 heteroatoms. The smallest absolute Gasteiger partial charge is 0.0387 e. The monoisotopic (exact) mass is 134 g/mol. The zero-order valence-corrected chi connectivity index (χ0v) is 6.20. The van der Waals surface area contributed by atoms with Crippen molar-refractivity contribution >= 4 is 5.71 Å². The molecule has 0 saturated carbocycles. The van der Waals surface area contributed by atoms with E-state index in [0.29, 0.717) is 0 Å². The van der Waals surface area contributed by atoms with Crippen LogP contribution in [0.4, 0.5) is 0 Å². The summed E-state index contributed by atoms with van der Waals surface area (Å²) in [6, 6.07) is 3.89. The van der Waals surface area contributed by atoms with Crippen molar-refractivity contribution in [1.82, 2.24) is 4.98 Å². The largest absolute Gasteiger partial charge is 0.293 e. The topological polar surface area (TPSA) is 25.2 Å². The molecular weight excluding hydrogens is 124 g/mol. The predicted octanol–water partition coefficient (Wildman–Crippen LogP) is 1.52. The summed E-state index contributed by atoms with van der Waals surface area (Å²) in [6.45, 7) is 1.98. The Balaban J connectivity index is 2.96. The highest BCUT2D eigenvalue weighted by Gasteiger charge is 1.91. The molecule has 0 fully saturated rings. The molecule has 1 aromatic rings. The van der Waals surface area contributed by atoms with Crippen LogP contribution in [0, 0.1) is 0 Å². The fourth-order valence-electron chi connectivity index (χ4n) is 0.722. The van der Waals surface area contributed by atoms with Gasteiger partial charge in [0.25, 0.3) is 0 Å². The minimum Gasteiger partial charge on any atom is -0.293 e. The number of pyridine rings is 1. The molecule has 0 saturated heterocycles. The summed E-state index contributed by atoms with van der Waals surface area (Å²) in [5, 5.41) is 0. The fraction of sp³-hybridized carbons (Fsp3) is 0.250.